The lowest BCUT2D eigenvalue weighted by atomic mass is 10.2. The molecule has 0 bridgehead atoms. The summed E-state index contributed by atoms with van der Waals surface area (Å²) in [5, 5.41) is 14.9. The monoisotopic (exact) mass is 278 g/mol. The molecule has 0 aliphatic rings. The maximum Gasteiger partial charge on any atom is 0.314 e. The van der Waals surface area contributed by atoms with Crippen LogP contribution < -0.4 is 5.32 Å². The highest BCUT2D eigenvalue weighted by Gasteiger charge is 2.18. The normalized spacial score (nSPS) is 10.4. The van der Waals surface area contributed by atoms with E-state index in [1.807, 2.05) is 6.20 Å². The third-order valence-corrected chi connectivity index (χ3v) is 3.81. The standard InChI is InChI=1S/C12H14N4O2S/c1-3-9-6-14-10(19-9)7-15-12-11(16(17)18)8(2)4-5-13-12/h4-6H,3,7H2,1-2H3,(H,13,15). The van der Waals surface area contributed by atoms with Gasteiger partial charge in [0.1, 0.15) is 5.01 Å². The Bertz CT molecular complexity index is 597. The molecule has 0 aliphatic heterocycles. The molecule has 0 fully saturated rings. The van der Waals surface area contributed by atoms with E-state index in [-0.39, 0.29) is 5.69 Å². The van der Waals surface area contributed by atoms with Crippen LogP contribution in [0.15, 0.2) is 18.5 Å². The number of rotatable bonds is 5. The molecule has 7 heteroatoms. The Morgan fingerprint density at radius 1 is 1.47 bits per heavy atom. The van der Waals surface area contributed by atoms with Crippen molar-refractivity contribution in [3.8, 4) is 0 Å². The van der Waals surface area contributed by atoms with Gasteiger partial charge in [-0.25, -0.2) is 9.97 Å². The third-order valence-electron chi connectivity index (χ3n) is 2.67. The first kappa shape index (κ1) is 13.4. The van der Waals surface area contributed by atoms with Gasteiger partial charge in [-0.2, -0.15) is 0 Å². The molecule has 0 aliphatic carbocycles. The average Bonchev–Trinajstić information content (AvgIpc) is 2.83. The minimum atomic E-state index is -0.413. The van der Waals surface area contributed by atoms with Crippen LogP contribution in [0, 0.1) is 17.0 Å². The van der Waals surface area contributed by atoms with Crippen molar-refractivity contribution in [2.75, 3.05) is 5.32 Å². The number of hydrogen-bond donors (Lipinski definition) is 1. The quantitative estimate of drug-likeness (QED) is 0.671. The minimum absolute atomic E-state index is 0.0229. The number of nitro groups is 1. The zero-order valence-electron chi connectivity index (χ0n) is 10.7. The molecule has 6 nitrogen and oxygen atoms in total. The number of anilines is 1. The lowest BCUT2D eigenvalue weighted by Crippen LogP contribution is -2.05. The van der Waals surface area contributed by atoms with E-state index >= 15 is 0 Å². The number of nitrogens with zero attached hydrogens (tertiary/aromatic N) is 3. The molecule has 2 rings (SSSR count). The molecule has 0 aromatic carbocycles. The average molecular weight is 278 g/mol. The summed E-state index contributed by atoms with van der Waals surface area (Å²) in [7, 11) is 0. The molecule has 0 saturated heterocycles. The Hall–Kier alpha value is -2.02. The van der Waals surface area contributed by atoms with E-state index in [9.17, 15) is 10.1 Å². The summed E-state index contributed by atoms with van der Waals surface area (Å²) in [5.74, 6) is 0.290. The number of nitrogens with one attached hydrogen (secondary N) is 1. The van der Waals surface area contributed by atoms with Crippen molar-refractivity contribution >= 4 is 22.8 Å². The first-order chi connectivity index (χ1) is 9.11. The SMILES string of the molecule is CCc1cnc(CNc2nccc(C)c2[N+](=O)[O-])s1. The van der Waals surface area contributed by atoms with Crippen LogP contribution in [0.25, 0.3) is 0 Å². The Morgan fingerprint density at radius 3 is 2.89 bits per heavy atom. The Labute approximate surface area is 114 Å². The summed E-state index contributed by atoms with van der Waals surface area (Å²) in [5.41, 5.74) is 0.616. The predicted molar refractivity (Wildman–Crippen MR) is 74.4 cm³/mol. The highest BCUT2D eigenvalue weighted by atomic mass is 32.1. The molecule has 0 amide bonds. The van der Waals surface area contributed by atoms with Crippen LogP contribution in [0.3, 0.4) is 0 Å². The van der Waals surface area contributed by atoms with Gasteiger partial charge in [-0.15, -0.1) is 11.3 Å². The summed E-state index contributed by atoms with van der Waals surface area (Å²) >= 11 is 1.60. The van der Waals surface area contributed by atoms with E-state index in [4.69, 9.17) is 0 Å². The molecule has 2 aromatic rings. The van der Waals surface area contributed by atoms with E-state index in [0.29, 0.717) is 17.9 Å². The lowest BCUT2D eigenvalue weighted by Gasteiger charge is -2.05. The maximum atomic E-state index is 11.0. The van der Waals surface area contributed by atoms with Crippen LogP contribution in [-0.2, 0) is 13.0 Å². The van der Waals surface area contributed by atoms with Gasteiger partial charge in [0.15, 0.2) is 0 Å². The fourth-order valence-corrected chi connectivity index (χ4v) is 2.46. The van der Waals surface area contributed by atoms with Crippen molar-refractivity contribution < 1.29 is 4.92 Å². The second kappa shape index (κ2) is 5.75. The van der Waals surface area contributed by atoms with Gasteiger partial charge in [0.25, 0.3) is 0 Å². The first-order valence-electron chi connectivity index (χ1n) is 5.89. The van der Waals surface area contributed by atoms with E-state index in [1.54, 1.807) is 30.5 Å². The van der Waals surface area contributed by atoms with Crippen LogP contribution in [0.4, 0.5) is 11.5 Å². The number of thiazole rings is 1. The van der Waals surface area contributed by atoms with Crippen LogP contribution in [-0.4, -0.2) is 14.9 Å². The second-order valence-corrected chi connectivity index (χ2v) is 5.21. The van der Waals surface area contributed by atoms with Crippen LogP contribution in [0.5, 0.6) is 0 Å². The maximum absolute atomic E-state index is 11.0. The summed E-state index contributed by atoms with van der Waals surface area (Å²) in [6, 6.07) is 1.63. The van der Waals surface area contributed by atoms with E-state index in [2.05, 4.69) is 22.2 Å². The van der Waals surface area contributed by atoms with Gasteiger partial charge in [0.05, 0.1) is 11.5 Å². The largest absolute Gasteiger partial charge is 0.358 e. The molecule has 2 heterocycles. The molecule has 19 heavy (non-hydrogen) atoms. The summed E-state index contributed by atoms with van der Waals surface area (Å²) in [6.45, 7) is 4.21. The van der Waals surface area contributed by atoms with E-state index in [0.717, 1.165) is 11.4 Å². The van der Waals surface area contributed by atoms with Crippen molar-refractivity contribution in [1.29, 1.82) is 0 Å². The molecule has 0 atom stereocenters. The van der Waals surface area contributed by atoms with Gasteiger partial charge in [-0.05, 0) is 19.4 Å². The fraction of sp³-hybridized carbons (Fsp3) is 0.333. The van der Waals surface area contributed by atoms with Crippen LogP contribution in [0.1, 0.15) is 22.4 Å². The number of aromatic nitrogens is 2. The number of pyridine rings is 1. The first-order valence-corrected chi connectivity index (χ1v) is 6.71. The summed E-state index contributed by atoms with van der Waals surface area (Å²) in [4.78, 5) is 20.1. The van der Waals surface area contributed by atoms with Gasteiger partial charge < -0.3 is 5.32 Å². The molecular formula is C12H14N4O2S. The number of aryl methyl sites for hydroxylation is 2. The molecule has 100 valence electrons. The Morgan fingerprint density at radius 2 is 2.26 bits per heavy atom. The molecule has 2 aromatic heterocycles. The second-order valence-electron chi connectivity index (χ2n) is 4.01. The molecule has 1 N–H and O–H groups in total. The van der Waals surface area contributed by atoms with Crippen LogP contribution >= 0.6 is 11.3 Å². The smallest absolute Gasteiger partial charge is 0.314 e. The zero-order chi connectivity index (χ0) is 13.8. The van der Waals surface area contributed by atoms with Crippen molar-refractivity contribution in [2.45, 2.75) is 26.8 Å². The van der Waals surface area contributed by atoms with Gasteiger partial charge in [0.2, 0.25) is 5.82 Å². The summed E-state index contributed by atoms with van der Waals surface area (Å²) in [6.07, 6.45) is 4.34. The fourth-order valence-electron chi connectivity index (χ4n) is 1.66. The van der Waals surface area contributed by atoms with Crippen molar-refractivity contribution in [3.05, 3.63) is 44.0 Å². The zero-order valence-corrected chi connectivity index (χ0v) is 11.5. The highest BCUT2D eigenvalue weighted by molar-refractivity contribution is 7.11. The molecule has 0 unspecified atom stereocenters. The number of hydrogen-bond acceptors (Lipinski definition) is 6. The van der Waals surface area contributed by atoms with Crippen LogP contribution in [0.2, 0.25) is 0 Å². The topological polar surface area (TPSA) is 81.0 Å². The van der Waals surface area contributed by atoms with Crippen molar-refractivity contribution in [3.63, 3.8) is 0 Å². The predicted octanol–water partition coefficient (Wildman–Crippen LogP) is 2.93. The molecule has 0 spiro atoms. The highest BCUT2D eigenvalue weighted by Crippen LogP contribution is 2.26. The van der Waals surface area contributed by atoms with Gasteiger partial charge in [-0.1, -0.05) is 6.92 Å². The van der Waals surface area contributed by atoms with E-state index in [1.165, 1.54) is 4.88 Å². The lowest BCUT2D eigenvalue weighted by molar-refractivity contribution is -0.384. The van der Waals surface area contributed by atoms with E-state index < -0.39 is 4.92 Å². The van der Waals surface area contributed by atoms with Crippen molar-refractivity contribution in [2.24, 2.45) is 0 Å². The van der Waals surface area contributed by atoms with Crippen molar-refractivity contribution in [1.82, 2.24) is 9.97 Å². The minimum Gasteiger partial charge on any atom is -0.358 e. The molecular weight excluding hydrogens is 264 g/mol. The Kier molecular flexibility index (Phi) is 4.06. The third kappa shape index (κ3) is 3.05. The summed E-state index contributed by atoms with van der Waals surface area (Å²) < 4.78 is 0. The molecule has 0 radical (unpaired) electrons. The Balaban J connectivity index is 2.15. The van der Waals surface area contributed by atoms with Gasteiger partial charge in [0, 0.05) is 22.8 Å². The molecule has 0 saturated carbocycles. The van der Waals surface area contributed by atoms with Gasteiger partial charge in [-0.3, -0.25) is 10.1 Å². The van der Waals surface area contributed by atoms with Gasteiger partial charge >= 0.3 is 5.69 Å².